The number of nitrogens with one attached hydrogen (secondary N) is 1. The summed E-state index contributed by atoms with van der Waals surface area (Å²) in [6.07, 6.45) is 1.70. The second kappa shape index (κ2) is 9.71. The molecule has 0 radical (unpaired) electrons. The molecule has 0 fully saturated rings. The van der Waals surface area contributed by atoms with E-state index in [2.05, 4.69) is 10.8 Å². The number of ether oxygens (including phenoxy) is 1. The number of likely N-dealkylation sites (N-methyl/N-ethyl adjacent to an activating group) is 1. The highest BCUT2D eigenvalue weighted by Gasteiger charge is 2.12. The molecule has 0 aliphatic carbocycles. The minimum atomic E-state index is -3.18. The Kier molecular flexibility index (Phi) is 7.60. The van der Waals surface area contributed by atoms with E-state index in [1.54, 1.807) is 24.1 Å². The monoisotopic (exact) mass is 404 g/mol. The van der Waals surface area contributed by atoms with Crippen molar-refractivity contribution >= 4 is 15.9 Å². The van der Waals surface area contributed by atoms with E-state index in [4.69, 9.17) is 4.74 Å². The van der Waals surface area contributed by atoms with E-state index in [9.17, 15) is 13.2 Å². The normalized spacial score (nSPS) is 11.3. The Bertz CT molecular complexity index is 888. The molecule has 1 N–H and O–H groups in total. The molecule has 0 saturated heterocycles. The molecule has 152 valence electrons. The Morgan fingerprint density at radius 3 is 2.25 bits per heavy atom. The molecule has 0 bridgehead atoms. The molecule has 0 aliphatic heterocycles. The first-order chi connectivity index (χ1) is 13.1. The van der Waals surface area contributed by atoms with Crippen LogP contribution >= 0.6 is 0 Å². The number of carbonyl (C=O) groups excluding carboxylic acids is 1. The fourth-order valence-electron chi connectivity index (χ4n) is 2.83. The van der Waals surface area contributed by atoms with Crippen LogP contribution in [-0.4, -0.2) is 52.2 Å². The summed E-state index contributed by atoms with van der Waals surface area (Å²) in [6.45, 7) is 5.28. The van der Waals surface area contributed by atoms with Crippen LogP contribution in [0.1, 0.15) is 27.0 Å². The van der Waals surface area contributed by atoms with Crippen LogP contribution in [0.4, 0.5) is 0 Å². The van der Waals surface area contributed by atoms with Crippen molar-refractivity contribution in [2.45, 2.75) is 20.3 Å². The summed E-state index contributed by atoms with van der Waals surface area (Å²) in [5.41, 5.74) is 3.85. The Morgan fingerprint density at radius 1 is 1.07 bits per heavy atom. The van der Waals surface area contributed by atoms with Gasteiger partial charge in [0.1, 0.15) is 12.4 Å². The number of amides is 1. The lowest BCUT2D eigenvalue weighted by atomic mass is 10.1. The molecule has 2 rings (SSSR count). The third-order valence-electron chi connectivity index (χ3n) is 4.22. The zero-order chi connectivity index (χ0) is 20.7. The van der Waals surface area contributed by atoms with Crippen molar-refractivity contribution in [3.05, 3.63) is 64.7 Å². The molecule has 0 saturated carbocycles. The van der Waals surface area contributed by atoms with E-state index >= 15 is 0 Å². The molecule has 7 heteroatoms. The topological polar surface area (TPSA) is 75.7 Å². The maximum atomic E-state index is 12.5. The predicted octanol–water partition coefficient (Wildman–Crippen LogP) is 2.55. The van der Waals surface area contributed by atoms with Crippen molar-refractivity contribution in [3.63, 3.8) is 0 Å². The zero-order valence-corrected chi connectivity index (χ0v) is 17.7. The maximum Gasteiger partial charge on any atom is 0.253 e. The van der Waals surface area contributed by atoms with Gasteiger partial charge >= 0.3 is 0 Å². The van der Waals surface area contributed by atoms with Crippen LogP contribution in [0.15, 0.2) is 42.5 Å². The lowest BCUT2D eigenvalue weighted by Crippen LogP contribution is -2.30. The first-order valence-electron chi connectivity index (χ1n) is 9.14. The summed E-state index contributed by atoms with van der Waals surface area (Å²) in [5.74, 6) is 0.732. The van der Waals surface area contributed by atoms with Gasteiger partial charge in [0.15, 0.2) is 0 Å². The highest BCUT2D eigenvalue weighted by Crippen LogP contribution is 2.16. The number of carbonyl (C=O) groups is 1. The van der Waals surface area contributed by atoms with Gasteiger partial charge in [0.2, 0.25) is 10.0 Å². The summed E-state index contributed by atoms with van der Waals surface area (Å²) in [5, 5.41) is 0. The van der Waals surface area contributed by atoms with Crippen LogP contribution in [0.25, 0.3) is 0 Å². The third kappa shape index (κ3) is 7.32. The van der Waals surface area contributed by atoms with Crippen LogP contribution in [0.3, 0.4) is 0 Å². The Hall–Kier alpha value is -2.38. The van der Waals surface area contributed by atoms with Gasteiger partial charge in [-0.25, -0.2) is 13.1 Å². The number of hydrogen-bond acceptors (Lipinski definition) is 4. The lowest BCUT2D eigenvalue weighted by Gasteiger charge is -2.18. The van der Waals surface area contributed by atoms with Crippen LogP contribution in [-0.2, 0) is 16.4 Å². The van der Waals surface area contributed by atoms with Gasteiger partial charge < -0.3 is 9.64 Å². The van der Waals surface area contributed by atoms with Gasteiger partial charge in [0.05, 0.1) is 12.8 Å². The molecular weight excluding hydrogens is 376 g/mol. The molecular formula is C21H28N2O4S. The highest BCUT2D eigenvalue weighted by atomic mass is 32.2. The smallest absolute Gasteiger partial charge is 0.253 e. The fourth-order valence-corrected chi connectivity index (χ4v) is 3.31. The summed E-state index contributed by atoms with van der Waals surface area (Å²) in [4.78, 5) is 14.2. The van der Waals surface area contributed by atoms with E-state index in [0.29, 0.717) is 31.7 Å². The van der Waals surface area contributed by atoms with Crippen LogP contribution in [0.5, 0.6) is 5.75 Å². The van der Waals surface area contributed by atoms with Crippen LogP contribution in [0.2, 0.25) is 0 Å². The predicted molar refractivity (Wildman–Crippen MR) is 111 cm³/mol. The van der Waals surface area contributed by atoms with Gasteiger partial charge in [0, 0.05) is 19.2 Å². The van der Waals surface area contributed by atoms with Gasteiger partial charge in [-0.15, -0.1) is 0 Å². The SMILES string of the molecule is Cc1cc(C)cc(OCCN(C)C(=O)c2ccc(CCNS(C)(=O)=O)cc2)c1. The van der Waals surface area contributed by atoms with E-state index < -0.39 is 10.0 Å². The number of sulfonamides is 1. The van der Waals surface area contributed by atoms with Crippen molar-refractivity contribution in [3.8, 4) is 5.75 Å². The zero-order valence-electron chi connectivity index (χ0n) is 16.9. The van der Waals surface area contributed by atoms with Crippen LogP contribution in [0, 0.1) is 13.8 Å². The van der Waals surface area contributed by atoms with Crippen molar-refractivity contribution in [1.29, 1.82) is 0 Å². The Morgan fingerprint density at radius 2 is 1.68 bits per heavy atom. The molecule has 0 heterocycles. The van der Waals surface area contributed by atoms with Crippen LogP contribution < -0.4 is 9.46 Å². The largest absolute Gasteiger partial charge is 0.492 e. The number of aryl methyl sites for hydroxylation is 2. The fraction of sp³-hybridized carbons (Fsp3) is 0.381. The average molecular weight is 405 g/mol. The first-order valence-corrected chi connectivity index (χ1v) is 11.0. The molecule has 2 aromatic rings. The van der Waals surface area contributed by atoms with E-state index in [1.165, 1.54) is 0 Å². The average Bonchev–Trinajstić information content (AvgIpc) is 2.59. The van der Waals surface area contributed by atoms with Crippen molar-refractivity contribution in [2.24, 2.45) is 0 Å². The summed E-state index contributed by atoms with van der Waals surface area (Å²) >= 11 is 0. The summed E-state index contributed by atoms with van der Waals surface area (Å²) in [7, 11) is -1.44. The van der Waals surface area contributed by atoms with E-state index in [1.807, 2.05) is 38.1 Å². The molecule has 0 aliphatic rings. The minimum absolute atomic E-state index is 0.0789. The van der Waals surface area contributed by atoms with Crippen molar-refractivity contribution in [2.75, 3.05) is 33.0 Å². The molecule has 0 spiro atoms. The molecule has 6 nitrogen and oxygen atoms in total. The minimum Gasteiger partial charge on any atom is -0.492 e. The Balaban J connectivity index is 1.83. The van der Waals surface area contributed by atoms with Crippen molar-refractivity contribution < 1.29 is 17.9 Å². The maximum absolute atomic E-state index is 12.5. The number of benzene rings is 2. The van der Waals surface area contributed by atoms with Gasteiger partial charge in [-0.1, -0.05) is 18.2 Å². The van der Waals surface area contributed by atoms with E-state index in [0.717, 1.165) is 28.7 Å². The third-order valence-corrected chi connectivity index (χ3v) is 4.94. The summed E-state index contributed by atoms with van der Waals surface area (Å²) in [6, 6.07) is 13.3. The van der Waals surface area contributed by atoms with Gasteiger partial charge in [-0.05, 0) is 61.2 Å². The lowest BCUT2D eigenvalue weighted by molar-refractivity contribution is 0.0773. The molecule has 28 heavy (non-hydrogen) atoms. The molecule has 0 unspecified atom stereocenters. The molecule has 0 aromatic heterocycles. The standard InChI is InChI=1S/C21H28N2O4S/c1-16-13-17(2)15-20(14-16)27-12-11-23(3)21(24)19-7-5-18(6-8-19)9-10-22-28(4,25)26/h5-8,13-15,22H,9-12H2,1-4H3. The second-order valence-corrected chi connectivity index (χ2v) is 8.85. The quantitative estimate of drug-likeness (QED) is 0.697. The van der Waals surface area contributed by atoms with Crippen molar-refractivity contribution in [1.82, 2.24) is 9.62 Å². The van der Waals surface area contributed by atoms with Gasteiger partial charge in [-0.2, -0.15) is 0 Å². The molecule has 0 atom stereocenters. The highest BCUT2D eigenvalue weighted by molar-refractivity contribution is 7.88. The molecule has 1 amide bonds. The first kappa shape index (κ1) is 21.9. The second-order valence-electron chi connectivity index (χ2n) is 7.01. The number of rotatable bonds is 9. The van der Waals surface area contributed by atoms with E-state index in [-0.39, 0.29) is 5.91 Å². The van der Waals surface area contributed by atoms with Gasteiger partial charge in [0.25, 0.3) is 5.91 Å². The number of nitrogens with zero attached hydrogens (tertiary/aromatic N) is 1. The van der Waals surface area contributed by atoms with Gasteiger partial charge in [-0.3, -0.25) is 4.79 Å². The molecule has 2 aromatic carbocycles. The Labute approximate surface area is 167 Å². The number of hydrogen-bond donors (Lipinski definition) is 1. The summed E-state index contributed by atoms with van der Waals surface area (Å²) < 4.78 is 30.4.